The quantitative estimate of drug-likeness (QED) is 0.421. The molecule has 0 saturated heterocycles. The van der Waals surface area contributed by atoms with E-state index in [1.54, 1.807) is 12.1 Å². The normalized spacial score (nSPS) is 10.2. The Hall–Kier alpha value is -4.08. The van der Waals surface area contributed by atoms with E-state index < -0.39 is 16.5 Å². The third-order valence-electron chi connectivity index (χ3n) is 3.85. The summed E-state index contributed by atoms with van der Waals surface area (Å²) >= 11 is 0. The van der Waals surface area contributed by atoms with Crippen LogP contribution in [0.4, 0.5) is 23.0 Å². The Balaban J connectivity index is 1.80. The lowest BCUT2D eigenvalue weighted by atomic mass is 10.1. The summed E-state index contributed by atoms with van der Waals surface area (Å²) in [5.74, 6) is -0.655. The summed E-state index contributed by atoms with van der Waals surface area (Å²) in [6, 6.07) is 10.6. The van der Waals surface area contributed by atoms with Crippen LogP contribution in [0.25, 0.3) is 0 Å². The molecule has 0 unspecified atom stereocenters. The Morgan fingerprint density at radius 3 is 2.54 bits per heavy atom. The number of nitro groups is 1. The molecule has 0 aliphatic heterocycles. The molecule has 0 saturated carbocycles. The van der Waals surface area contributed by atoms with E-state index in [-0.39, 0.29) is 11.6 Å². The zero-order valence-electron chi connectivity index (χ0n) is 14.9. The Labute approximate surface area is 160 Å². The van der Waals surface area contributed by atoms with Crippen LogP contribution in [0.15, 0.2) is 55.1 Å². The number of carbonyl (C=O) groups is 1. The number of hydrazine groups is 1. The first-order chi connectivity index (χ1) is 13.6. The van der Waals surface area contributed by atoms with E-state index in [4.69, 9.17) is 0 Å². The van der Waals surface area contributed by atoms with Gasteiger partial charge in [-0.1, -0.05) is 19.1 Å². The minimum atomic E-state index is -0.624. The molecule has 0 spiro atoms. The number of nitrogens with one attached hydrogen (secondary N) is 3. The maximum atomic E-state index is 12.1. The number of amides is 1. The van der Waals surface area contributed by atoms with Crippen molar-refractivity contribution in [3.63, 3.8) is 0 Å². The van der Waals surface area contributed by atoms with Crippen LogP contribution in [0.1, 0.15) is 22.8 Å². The van der Waals surface area contributed by atoms with Crippen molar-refractivity contribution in [3.05, 3.63) is 76.4 Å². The molecule has 142 valence electrons. The van der Waals surface area contributed by atoms with Crippen molar-refractivity contribution in [3.8, 4) is 0 Å². The second-order valence-corrected chi connectivity index (χ2v) is 5.67. The van der Waals surface area contributed by atoms with E-state index in [0.717, 1.165) is 18.3 Å². The Morgan fingerprint density at radius 2 is 1.89 bits per heavy atom. The van der Waals surface area contributed by atoms with Crippen LogP contribution in [0.2, 0.25) is 0 Å². The van der Waals surface area contributed by atoms with Crippen LogP contribution >= 0.6 is 0 Å². The van der Waals surface area contributed by atoms with Gasteiger partial charge in [-0.05, 0) is 36.2 Å². The second kappa shape index (κ2) is 8.54. The van der Waals surface area contributed by atoms with Gasteiger partial charge >= 0.3 is 5.69 Å². The Morgan fingerprint density at radius 1 is 1.14 bits per heavy atom. The molecule has 1 aromatic carbocycles. The molecule has 0 aliphatic carbocycles. The van der Waals surface area contributed by atoms with E-state index in [2.05, 4.69) is 31.1 Å². The molecule has 3 aromatic rings. The third kappa shape index (κ3) is 4.36. The molecule has 2 heterocycles. The monoisotopic (exact) mass is 379 g/mol. The fraction of sp³-hybridized carbons (Fsp3) is 0.111. The van der Waals surface area contributed by atoms with Crippen molar-refractivity contribution in [2.24, 2.45) is 0 Å². The number of aromatic nitrogens is 3. The molecule has 3 N–H and O–H groups in total. The standard InChI is InChI=1S/C18H17N7O3/c1-2-12-5-7-14(8-6-12)22-16-15(25(27)28)17(21-11-20-16)23-24-18(26)13-4-3-9-19-10-13/h3-11H,2H2,1H3,(H,24,26)(H2,20,21,22,23). The van der Waals surface area contributed by atoms with Gasteiger partial charge in [0.15, 0.2) is 0 Å². The molecule has 3 rings (SSSR count). The fourth-order valence-corrected chi connectivity index (χ4v) is 2.38. The highest BCUT2D eigenvalue weighted by atomic mass is 16.6. The highest BCUT2D eigenvalue weighted by molar-refractivity contribution is 5.94. The number of carbonyl (C=O) groups excluding carboxylic acids is 1. The summed E-state index contributed by atoms with van der Waals surface area (Å²) in [5, 5.41) is 14.5. The number of anilines is 3. The summed E-state index contributed by atoms with van der Waals surface area (Å²) in [6.45, 7) is 2.04. The van der Waals surface area contributed by atoms with Crippen molar-refractivity contribution in [2.45, 2.75) is 13.3 Å². The maximum absolute atomic E-state index is 12.1. The zero-order chi connectivity index (χ0) is 19.9. The van der Waals surface area contributed by atoms with Gasteiger partial charge in [0, 0.05) is 18.1 Å². The lowest BCUT2D eigenvalue weighted by Gasteiger charge is -2.11. The van der Waals surface area contributed by atoms with E-state index >= 15 is 0 Å². The van der Waals surface area contributed by atoms with Gasteiger partial charge in [0.2, 0.25) is 11.6 Å². The smallest absolute Gasteiger partial charge is 0.334 e. The molecule has 0 fully saturated rings. The average molecular weight is 379 g/mol. The largest absolute Gasteiger partial charge is 0.355 e. The molecular formula is C18H17N7O3. The molecule has 10 heteroatoms. The average Bonchev–Trinajstić information content (AvgIpc) is 2.73. The molecule has 28 heavy (non-hydrogen) atoms. The second-order valence-electron chi connectivity index (χ2n) is 5.67. The van der Waals surface area contributed by atoms with Gasteiger partial charge in [-0.3, -0.25) is 30.7 Å². The number of rotatable bonds is 7. The molecule has 2 aromatic heterocycles. The fourth-order valence-electron chi connectivity index (χ4n) is 2.38. The lowest BCUT2D eigenvalue weighted by molar-refractivity contribution is -0.383. The van der Waals surface area contributed by atoms with Gasteiger partial charge in [0.05, 0.1) is 10.5 Å². The van der Waals surface area contributed by atoms with Crippen molar-refractivity contribution < 1.29 is 9.72 Å². The predicted octanol–water partition coefficient (Wildman–Crippen LogP) is 2.84. The number of aryl methyl sites for hydroxylation is 1. The number of nitrogens with zero attached hydrogens (tertiary/aromatic N) is 4. The van der Waals surface area contributed by atoms with Crippen LogP contribution in [-0.2, 0) is 6.42 Å². The van der Waals surface area contributed by atoms with Crippen LogP contribution in [0.5, 0.6) is 0 Å². The molecule has 0 bridgehead atoms. The van der Waals surface area contributed by atoms with Crippen molar-refractivity contribution in [1.29, 1.82) is 0 Å². The highest BCUT2D eigenvalue weighted by Crippen LogP contribution is 2.30. The van der Waals surface area contributed by atoms with Crippen LogP contribution in [-0.4, -0.2) is 25.8 Å². The van der Waals surface area contributed by atoms with Crippen LogP contribution < -0.4 is 16.2 Å². The number of hydrogen-bond donors (Lipinski definition) is 3. The first-order valence-electron chi connectivity index (χ1n) is 8.40. The summed E-state index contributed by atoms with van der Waals surface area (Å²) in [5.41, 5.74) is 6.52. The maximum Gasteiger partial charge on any atom is 0.355 e. The summed E-state index contributed by atoms with van der Waals surface area (Å²) < 4.78 is 0. The van der Waals surface area contributed by atoms with E-state index in [0.29, 0.717) is 11.3 Å². The first kappa shape index (κ1) is 18.7. The lowest BCUT2D eigenvalue weighted by Crippen LogP contribution is -2.30. The molecular weight excluding hydrogens is 362 g/mol. The van der Waals surface area contributed by atoms with Gasteiger partial charge in [0.25, 0.3) is 5.91 Å². The van der Waals surface area contributed by atoms with Crippen LogP contribution in [0, 0.1) is 10.1 Å². The van der Waals surface area contributed by atoms with Gasteiger partial charge < -0.3 is 5.32 Å². The summed E-state index contributed by atoms with van der Waals surface area (Å²) in [4.78, 5) is 34.7. The molecule has 0 radical (unpaired) electrons. The van der Waals surface area contributed by atoms with Gasteiger partial charge in [-0.15, -0.1) is 0 Å². The molecule has 0 aliphatic rings. The molecule has 1 amide bonds. The zero-order valence-corrected chi connectivity index (χ0v) is 14.9. The number of hydrogen-bond acceptors (Lipinski definition) is 8. The number of pyridine rings is 1. The Kier molecular flexibility index (Phi) is 5.70. The van der Waals surface area contributed by atoms with Gasteiger partial charge in [0.1, 0.15) is 6.33 Å². The van der Waals surface area contributed by atoms with E-state index in [1.807, 2.05) is 31.2 Å². The molecule has 10 nitrogen and oxygen atoms in total. The molecule has 0 atom stereocenters. The third-order valence-corrected chi connectivity index (χ3v) is 3.85. The van der Waals surface area contributed by atoms with Crippen molar-refractivity contribution in [2.75, 3.05) is 10.7 Å². The van der Waals surface area contributed by atoms with Crippen molar-refractivity contribution in [1.82, 2.24) is 20.4 Å². The minimum absolute atomic E-state index is 0.00220. The summed E-state index contributed by atoms with van der Waals surface area (Å²) in [7, 11) is 0. The van der Waals surface area contributed by atoms with Crippen molar-refractivity contribution >= 4 is 28.9 Å². The van der Waals surface area contributed by atoms with Gasteiger partial charge in [-0.2, -0.15) is 0 Å². The first-order valence-corrected chi connectivity index (χ1v) is 8.40. The van der Waals surface area contributed by atoms with Crippen LogP contribution in [0.3, 0.4) is 0 Å². The minimum Gasteiger partial charge on any atom is -0.334 e. The number of benzene rings is 1. The van der Waals surface area contributed by atoms with E-state index in [1.165, 1.54) is 12.4 Å². The highest BCUT2D eigenvalue weighted by Gasteiger charge is 2.23. The van der Waals surface area contributed by atoms with E-state index in [9.17, 15) is 14.9 Å². The van der Waals surface area contributed by atoms with Gasteiger partial charge in [-0.25, -0.2) is 9.97 Å². The SMILES string of the molecule is CCc1ccc(Nc2ncnc(NNC(=O)c3cccnc3)c2[N+](=O)[O-])cc1. The topological polar surface area (TPSA) is 135 Å². The predicted molar refractivity (Wildman–Crippen MR) is 103 cm³/mol. The Bertz CT molecular complexity index is 978. The summed E-state index contributed by atoms with van der Waals surface area (Å²) in [6.07, 6.45) is 4.95.